The summed E-state index contributed by atoms with van der Waals surface area (Å²) in [5.41, 5.74) is 0. The number of aliphatic hydroxyl groups is 1. The van der Waals surface area contributed by atoms with Crippen molar-refractivity contribution < 1.29 is 15.0 Å². The van der Waals surface area contributed by atoms with E-state index in [1.807, 2.05) is 0 Å². The van der Waals surface area contributed by atoms with Crippen LogP contribution in [0.25, 0.3) is 0 Å². The Balaban J connectivity index is 2.46. The Labute approximate surface area is 70.8 Å². The van der Waals surface area contributed by atoms with Crippen LogP contribution in [0.15, 0.2) is 0 Å². The molecule has 0 spiro atoms. The highest BCUT2D eigenvalue weighted by Gasteiger charge is 2.31. The van der Waals surface area contributed by atoms with Gasteiger partial charge in [-0.15, -0.1) is 0 Å². The lowest BCUT2D eigenvalue weighted by Gasteiger charge is -2.20. The molecule has 0 saturated carbocycles. The molecular formula is C7H14N2O3. The number of hydrogen-bond donors (Lipinski definition) is 4. The van der Waals surface area contributed by atoms with Gasteiger partial charge in [0.15, 0.2) is 0 Å². The summed E-state index contributed by atoms with van der Waals surface area (Å²) < 4.78 is 0. The molecular weight excluding hydrogens is 160 g/mol. The molecule has 1 amide bonds. The fraction of sp³-hybridized carbons (Fsp3) is 0.857. The van der Waals surface area contributed by atoms with Crippen molar-refractivity contribution in [1.29, 1.82) is 0 Å². The Bertz CT molecular complexity index is 172. The monoisotopic (exact) mass is 174 g/mol. The molecule has 0 aromatic carbocycles. The van der Waals surface area contributed by atoms with Crippen LogP contribution in [-0.2, 0) is 0 Å². The molecule has 1 heterocycles. The predicted molar refractivity (Wildman–Crippen MR) is 43.0 cm³/mol. The van der Waals surface area contributed by atoms with Gasteiger partial charge in [-0.2, -0.15) is 0 Å². The zero-order chi connectivity index (χ0) is 9.14. The van der Waals surface area contributed by atoms with Gasteiger partial charge in [0.25, 0.3) is 0 Å². The molecule has 0 aromatic heterocycles. The fourth-order valence-electron chi connectivity index (χ4n) is 1.52. The van der Waals surface area contributed by atoms with E-state index in [0.29, 0.717) is 13.1 Å². The summed E-state index contributed by atoms with van der Waals surface area (Å²) in [6, 6.07) is -0.164. The minimum Gasteiger partial charge on any atom is -0.465 e. The average molecular weight is 174 g/mol. The molecule has 3 atom stereocenters. The van der Waals surface area contributed by atoms with Crippen LogP contribution in [-0.4, -0.2) is 41.5 Å². The quantitative estimate of drug-likeness (QED) is 0.443. The van der Waals surface area contributed by atoms with Crippen LogP contribution in [0.1, 0.15) is 6.92 Å². The van der Waals surface area contributed by atoms with Gasteiger partial charge in [0.1, 0.15) is 0 Å². The van der Waals surface area contributed by atoms with Crippen LogP contribution >= 0.6 is 0 Å². The third-order valence-electron chi connectivity index (χ3n) is 2.19. The lowest BCUT2D eigenvalue weighted by Crippen LogP contribution is -2.42. The zero-order valence-corrected chi connectivity index (χ0v) is 6.95. The summed E-state index contributed by atoms with van der Waals surface area (Å²) in [5.74, 6) is -0.0129. The first-order chi connectivity index (χ1) is 5.61. The predicted octanol–water partition coefficient (Wildman–Crippen LogP) is -0.777. The highest BCUT2D eigenvalue weighted by molar-refractivity contribution is 5.65. The van der Waals surface area contributed by atoms with Gasteiger partial charge in [-0.3, -0.25) is 0 Å². The largest absolute Gasteiger partial charge is 0.465 e. The third kappa shape index (κ3) is 2.09. The van der Waals surface area contributed by atoms with Gasteiger partial charge in [-0.1, -0.05) is 0 Å². The maximum absolute atomic E-state index is 10.3. The lowest BCUT2D eigenvalue weighted by atomic mass is 9.98. The second-order valence-corrected chi connectivity index (χ2v) is 3.12. The molecule has 0 aliphatic carbocycles. The van der Waals surface area contributed by atoms with Crippen molar-refractivity contribution in [3.63, 3.8) is 0 Å². The number of carbonyl (C=O) groups is 1. The Hall–Kier alpha value is -0.810. The van der Waals surface area contributed by atoms with Crippen molar-refractivity contribution in [1.82, 2.24) is 10.6 Å². The van der Waals surface area contributed by atoms with Crippen LogP contribution < -0.4 is 10.6 Å². The fourth-order valence-corrected chi connectivity index (χ4v) is 1.52. The van der Waals surface area contributed by atoms with Crippen molar-refractivity contribution >= 4 is 6.09 Å². The van der Waals surface area contributed by atoms with E-state index in [4.69, 9.17) is 5.11 Å². The summed E-state index contributed by atoms with van der Waals surface area (Å²) in [5, 5.41) is 23.1. The highest BCUT2D eigenvalue weighted by atomic mass is 16.4. The molecule has 0 radical (unpaired) electrons. The number of aliphatic hydroxyl groups excluding tert-OH is 1. The van der Waals surface area contributed by atoms with E-state index in [0.717, 1.165) is 0 Å². The second-order valence-electron chi connectivity index (χ2n) is 3.12. The summed E-state index contributed by atoms with van der Waals surface area (Å²) in [6.45, 7) is 2.94. The Morgan fingerprint density at radius 2 is 2.33 bits per heavy atom. The van der Waals surface area contributed by atoms with E-state index in [1.165, 1.54) is 0 Å². The SMILES string of the molecule is CC(O)[C@@H]1CNC[C@@H]1NC(=O)O. The Morgan fingerprint density at radius 1 is 1.67 bits per heavy atom. The molecule has 1 rings (SSSR count). The standard InChI is InChI=1S/C7H14N2O3/c1-4(10)5-2-8-3-6(5)9-7(11)12/h4-6,8-10H,2-3H2,1H3,(H,11,12)/t4?,5-,6-/m0/s1. The Kier molecular flexibility index (Phi) is 2.88. The van der Waals surface area contributed by atoms with E-state index in [2.05, 4.69) is 10.6 Å². The highest BCUT2D eigenvalue weighted by Crippen LogP contribution is 2.13. The first kappa shape index (κ1) is 9.28. The van der Waals surface area contributed by atoms with E-state index in [-0.39, 0.29) is 12.0 Å². The van der Waals surface area contributed by atoms with Gasteiger partial charge in [0.2, 0.25) is 0 Å². The van der Waals surface area contributed by atoms with Crippen LogP contribution in [0.3, 0.4) is 0 Å². The molecule has 5 heteroatoms. The van der Waals surface area contributed by atoms with Crippen LogP contribution in [0.4, 0.5) is 4.79 Å². The van der Waals surface area contributed by atoms with E-state index in [9.17, 15) is 9.90 Å². The van der Waals surface area contributed by atoms with E-state index < -0.39 is 12.2 Å². The molecule has 1 aliphatic rings. The minimum atomic E-state index is -1.03. The van der Waals surface area contributed by atoms with Gasteiger partial charge in [0.05, 0.1) is 12.1 Å². The van der Waals surface area contributed by atoms with Gasteiger partial charge < -0.3 is 20.8 Å². The summed E-state index contributed by atoms with van der Waals surface area (Å²) in [4.78, 5) is 10.3. The second kappa shape index (κ2) is 3.73. The van der Waals surface area contributed by atoms with Crippen molar-refractivity contribution in [3.8, 4) is 0 Å². The molecule has 5 nitrogen and oxygen atoms in total. The molecule has 0 aromatic rings. The van der Waals surface area contributed by atoms with Gasteiger partial charge >= 0.3 is 6.09 Å². The maximum Gasteiger partial charge on any atom is 0.404 e. The molecule has 1 aliphatic heterocycles. The van der Waals surface area contributed by atoms with Crippen LogP contribution in [0.2, 0.25) is 0 Å². The smallest absolute Gasteiger partial charge is 0.404 e. The van der Waals surface area contributed by atoms with Crippen molar-refractivity contribution in [2.45, 2.75) is 19.1 Å². The lowest BCUT2D eigenvalue weighted by molar-refractivity contribution is 0.117. The number of carboxylic acid groups (broad SMARTS) is 1. The molecule has 70 valence electrons. The first-order valence-electron chi connectivity index (χ1n) is 3.99. The molecule has 1 unspecified atom stereocenters. The number of nitrogens with one attached hydrogen (secondary N) is 2. The van der Waals surface area contributed by atoms with Crippen LogP contribution in [0.5, 0.6) is 0 Å². The average Bonchev–Trinajstić information content (AvgIpc) is 2.33. The molecule has 1 fully saturated rings. The van der Waals surface area contributed by atoms with Gasteiger partial charge in [0, 0.05) is 19.0 Å². The maximum atomic E-state index is 10.3. The Morgan fingerprint density at radius 3 is 2.83 bits per heavy atom. The van der Waals surface area contributed by atoms with Gasteiger partial charge in [-0.25, -0.2) is 4.79 Å². The van der Waals surface area contributed by atoms with Gasteiger partial charge in [-0.05, 0) is 6.92 Å². The number of rotatable bonds is 2. The molecule has 4 N–H and O–H groups in total. The topological polar surface area (TPSA) is 81.6 Å². The minimum absolute atomic E-state index is 0.0129. The van der Waals surface area contributed by atoms with Crippen molar-refractivity contribution in [2.24, 2.45) is 5.92 Å². The third-order valence-corrected chi connectivity index (χ3v) is 2.19. The molecule has 12 heavy (non-hydrogen) atoms. The van der Waals surface area contributed by atoms with Crippen LogP contribution in [0, 0.1) is 5.92 Å². The summed E-state index contributed by atoms with van der Waals surface area (Å²) >= 11 is 0. The number of hydrogen-bond acceptors (Lipinski definition) is 3. The zero-order valence-electron chi connectivity index (χ0n) is 6.95. The van der Waals surface area contributed by atoms with E-state index in [1.54, 1.807) is 6.92 Å². The normalized spacial score (nSPS) is 31.5. The van der Waals surface area contributed by atoms with Crippen molar-refractivity contribution in [2.75, 3.05) is 13.1 Å². The number of amides is 1. The first-order valence-corrected chi connectivity index (χ1v) is 3.99. The molecule has 0 bridgehead atoms. The summed E-state index contributed by atoms with van der Waals surface area (Å²) in [7, 11) is 0. The summed E-state index contributed by atoms with van der Waals surface area (Å²) in [6.07, 6.45) is -1.51. The van der Waals surface area contributed by atoms with Crippen molar-refractivity contribution in [3.05, 3.63) is 0 Å². The molecule has 1 saturated heterocycles. The van der Waals surface area contributed by atoms with E-state index >= 15 is 0 Å².